The maximum absolute atomic E-state index is 13.4. The molecule has 0 saturated carbocycles. The Balaban J connectivity index is 1.68. The van der Waals surface area contributed by atoms with Gasteiger partial charge < -0.3 is 15.4 Å². The minimum atomic E-state index is -0.319. The second-order valence-electron chi connectivity index (χ2n) is 8.21. The summed E-state index contributed by atoms with van der Waals surface area (Å²) < 4.78 is 6.83. The van der Waals surface area contributed by atoms with Gasteiger partial charge in [0.2, 0.25) is 5.91 Å². The van der Waals surface area contributed by atoms with Crippen LogP contribution in [0.2, 0.25) is 5.02 Å². The van der Waals surface area contributed by atoms with Crippen LogP contribution in [-0.2, 0) is 17.9 Å². The molecule has 0 aliphatic heterocycles. The van der Waals surface area contributed by atoms with Crippen LogP contribution in [0.3, 0.4) is 0 Å². The summed E-state index contributed by atoms with van der Waals surface area (Å²) in [6.07, 6.45) is 0. The summed E-state index contributed by atoms with van der Waals surface area (Å²) in [5, 5.41) is 7.54. The lowest BCUT2D eigenvalue weighted by Gasteiger charge is -2.15. The van der Waals surface area contributed by atoms with Gasteiger partial charge in [0.05, 0.1) is 12.6 Å². The van der Waals surface area contributed by atoms with Gasteiger partial charge in [0.25, 0.3) is 5.56 Å². The molecule has 0 aliphatic rings. The number of benzene rings is 3. The van der Waals surface area contributed by atoms with Crippen molar-refractivity contribution in [2.24, 2.45) is 0 Å². The number of pyridine rings is 1. The smallest absolute Gasteiger partial charge is 0.256 e. The fraction of sp³-hybridized carbons (Fsp3) is 0.185. The van der Waals surface area contributed by atoms with Gasteiger partial charge in [-0.05, 0) is 67.3 Å². The highest BCUT2D eigenvalue weighted by atomic mass is 35.5. The summed E-state index contributed by atoms with van der Waals surface area (Å²) in [5.41, 5.74) is 4.52. The second-order valence-corrected chi connectivity index (χ2v) is 8.65. The van der Waals surface area contributed by atoms with Gasteiger partial charge in [-0.25, -0.2) is 0 Å². The van der Waals surface area contributed by atoms with Crippen LogP contribution in [0.25, 0.3) is 10.9 Å². The van der Waals surface area contributed by atoms with Crippen molar-refractivity contribution in [3.63, 3.8) is 0 Å². The van der Waals surface area contributed by atoms with E-state index >= 15 is 0 Å². The lowest BCUT2D eigenvalue weighted by molar-refractivity contribution is -0.116. The molecule has 0 aliphatic carbocycles. The molecule has 4 rings (SSSR count). The fourth-order valence-corrected chi connectivity index (χ4v) is 3.93. The first-order valence-electron chi connectivity index (χ1n) is 10.9. The summed E-state index contributed by atoms with van der Waals surface area (Å²) in [6, 6.07) is 20.6. The van der Waals surface area contributed by atoms with E-state index in [1.165, 1.54) is 4.57 Å². The zero-order valence-electron chi connectivity index (χ0n) is 19.3. The molecule has 0 radical (unpaired) electrons. The number of methoxy groups -OCH3 is 1. The molecule has 6 nitrogen and oxygen atoms in total. The maximum atomic E-state index is 13.4. The van der Waals surface area contributed by atoms with Crippen molar-refractivity contribution in [3.8, 4) is 5.75 Å². The van der Waals surface area contributed by atoms with E-state index in [1.54, 1.807) is 25.3 Å². The number of aryl methyl sites for hydroxylation is 2. The highest BCUT2D eigenvalue weighted by Gasteiger charge is 2.14. The van der Waals surface area contributed by atoms with Crippen molar-refractivity contribution in [3.05, 3.63) is 98.8 Å². The first kappa shape index (κ1) is 23.4. The lowest BCUT2D eigenvalue weighted by Crippen LogP contribution is -2.30. The second kappa shape index (κ2) is 10.0. The average Bonchev–Trinajstić information content (AvgIpc) is 2.83. The van der Waals surface area contributed by atoms with Crippen molar-refractivity contribution in [2.45, 2.75) is 26.9 Å². The number of nitrogens with zero attached hydrogens (tertiary/aromatic N) is 1. The van der Waals surface area contributed by atoms with E-state index in [0.717, 1.165) is 22.2 Å². The standard InChI is InChI=1S/C27H26ClN3O3/c1-17-4-9-22(10-5-17)29-15-20-12-19-7-11-23(34-3)14-25(19)31(27(20)33)16-26(32)30-24-13-21(28)8-6-18(24)2/h4-14,29H,15-16H2,1-3H3,(H,30,32). The third kappa shape index (κ3) is 5.24. The average molecular weight is 476 g/mol. The summed E-state index contributed by atoms with van der Waals surface area (Å²) in [7, 11) is 1.57. The number of fused-ring (bicyclic) bond motifs is 1. The number of hydrogen-bond acceptors (Lipinski definition) is 4. The van der Waals surface area contributed by atoms with Crippen LogP contribution >= 0.6 is 11.6 Å². The van der Waals surface area contributed by atoms with Crippen molar-refractivity contribution in [1.29, 1.82) is 0 Å². The van der Waals surface area contributed by atoms with Crippen molar-refractivity contribution < 1.29 is 9.53 Å². The molecule has 1 heterocycles. The number of amides is 1. The molecule has 2 N–H and O–H groups in total. The Labute approximate surface area is 203 Å². The monoisotopic (exact) mass is 475 g/mol. The van der Waals surface area contributed by atoms with Crippen LogP contribution in [0.1, 0.15) is 16.7 Å². The first-order chi connectivity index (χ1) is 16.3. The number of anilines is 2. The van der Waals surface area contributed by atoms with Crippen molar-refractivity contribution in [2.75, 3.05) is 17.7 Å². The Morgan fingerprint density at radius 3 is 2.50 bits per heavy atom. The van der Waals surface area contributed by atoms with Crippen molar-refractivity contribution in [1.82, 2.24) is 4.57 Å². The Morgan fingerprint density at radius 1 is 1.00 bits per heavy atom. The molecule has 0 fully saturated rings. The van der Waals surface area contributed by atoms with Gasteiger partial charge in [0.15, 0.2) is 0 Å². The summed E-state index contributed by atoms with van der Waals surface area (Å²) >= 11 is 6.08. The van der Waals surface area contributed by atoms with Gasteiger partial charge in [-0.2, -0.15) is 0 Å². The van der Waals surface area contributed by atoms with E-state index in [1.807, 2.05) is 62.4 Å². The highest BCUT2D eigenvalue weighted by Crippen LogP contribution is 2.23. The molecule has 1 amide bonds. The number of nitrogens with one attached hydrogen (secondary N) is 2. The van der Waals surface area contributed by atoms with Crippen molar-refractivity contribution >= 4 is 39.8 Å². The number of aromatic nitrogens is 1. The van der Waals surface area contributed by atoms with Gasteiger partial charge >= 0.3 is 0 Å². The summed E-state index contributed by atoms with van der Waals surface area (Å²) in [5.74, 6) is 0.289. The van der Waals surface area contributed by atoms with E-state index in [0.29, 0.717) is 34.1 Å². The van der Waals surface area contributed by atoms with Crippen LogP contribution in [0.15, 0.2) is 71.5 Å². The van der Waals surface area contributed by atoms with Gasteiger partial charge in [-0.15, -0.1) is 0 Å². The topological polar surface area (TPSA) is 72.4 Å². The molecule has 3 aromatic carbocycles. The highest BCUT2D eigenvalue weighted by molar-refractivity contribution is 6.31. The van der Waals surface area contributed by atoms with Crippen LogP contribution in [0, 0.1) is 13.8 Å². The lowest BCUT2D eigenvalue weighted by atomic mass is 10.1. The quantitative estimate of drug-likeness (QED) is 0.368. The molecule has 4 aromatic rings. The zero-order chi connectivity index (χ0) is 24.2. The first-order valence-corrected chi connectivity index (χ1v) is 11.3. The molecule has 0 bridgehead atoms. The molecule has 0 unspecified atom stereocenters. The number of rotatable bonds is 7. The molecule has 1 aromatic heterocycles. The number of ether oxygens (including phenoxy) is 1. The molecule has 0 spiro atoms. The minimum absolute atomic E-state index is 0.146. The van der Waals surface area contributed by atoms with Gasteiger partial charge in [0.1, 0.15) is 12.3 Å². The van der Waals surface area contributed by atoms with Gasteiger partial charge in [-0.1, -0.05) is 35.4 Å². The minimum Gasteiger partial charge on any atom is -0.497 e. The Kier molecular flexibility index (Phi) is 6.89. The molecule has 0 atom stereocenters. The molecule has 174 valence electrons. The Morgan fingerprint density at radius 2 is 1.76 bits per heavy atom. The van der Waals surface area contributed by atoms with E-state index in [4.69, 9.17) is 16.3 Å². The summed E-state index contributed by atoms with van der Waals surface area (Å²) in [6.45, 7) is 4.09. The van der Waals surface area contributed by atoms with E-state index in [2.05, 4.69) is 10.6 Å². The third-order valence-corrected chi connectivity index (χ3v) is 5.92. The van der Waals surface area contributed by atoms with Crippen LogP contribution < -0.4 is 20.9 Å². The van der Waals surface area contributed by atoms with Crippen LogP contribution in [-0.4, -0.2) is 17.6 Å². The third-order valence-electron chi connectivity index (χ3n) is 5.69. The van der Waals surface area contributed by atoms with E-state index < -0.39 is 0 Å². The fourth-order valence-electron chi connectivity index (χ4n) is 3.75. The normalized spacial score (nSPS) is 10.8. The number of hydrogen-bond donors (Lipinski definition) is 2. The number of carbonyl (C=O) groups excluding carboxylic acids is 1. The largest absolute Gasteiger partial charge is 0.497 e. The van der Waals surface area contributed by atoms with Gasteiger partial charge in [-0.3, -0.25) is 14.2 Å². The maximum Gasteiger partial charge on any atom is 0.256 e. The van der Waals surface area contributed by atoms with Crippen LogP contribution in [0.4, 0.5) is 11.4 Å². The predicted octanol–water partition coefficient (Wildman–Crippen LogP) is 5.53. The molecular weight excluding hydrogens is 450 g/mol. The molecule has 34 heavy (non-hydrogen) atoms. The van der Waals surface area contributed by atoms with E-state index in [-0.39, 0.29) is 18.0 Å². The molecular formula is C27H26ClN3O3. The number of halogens is 1. The molecule has 7 heteroatoms. The predicted molar refractivity (Wildman–Crippen MR) is 138 cm³/mol. The Hall–Kier alpha value is -3.77. The number of carbonyl (C=O) groups is 1. The Bertz CT molecular complexity index is 1410. The molecule has 0 saturated heterocycles. The van der Waals surface area contributed by atoms with Crippen LogP contribution in [0.5, 0.6) is 5.75 Å². The SMILES string of the molecule is COc1ccc2cc(CNc3ccc(C)cc3)c(=O)n(CC(=O)Nc3cc(Cl)ccc3C)c2c1. The van der Waals surface area contributed by atoms with Gasteiger partial charge in [0, 0.05) is 34.6 Å². The zero-order valence-corrected chi connectivity index (χ0v) is 20.1. The van der Waals surface area contributed by atoms with E-state index in [9.17, 15) is 9.59 Å². The summed E-state index contributed by atoms with van der Waals surface area (Å²) in [4.78, 5) is 26.4.